The van der Waals surface area contributed by atoms with E-state index in [1.807, 2.05) is 0 Å². The van der Waals surface area contributed by atoms with Crippen molar-refractivity contribution in [1.82, 2.24) is 0 Å². The molecule has 0 aliphatic carbocycles. The molecule has 1 aliphatic heterocycles. The third-order valence-electron chi connectivity index (χ3n) is 2.51. The van der Waals surface area contributed by atoms with Crippen LogP contribution in [0.2, 0.25) is 0 Å². The number of benzene rings is 1. The number of hydrogen-bond donors (Lipinski definition) is 0. The fourth-order valence-corrected chi connectivity index (χ4v) is 1.65. The summed E-state index contributed by atoms with van der Waals surface area (Å²) in [5.41, 5.74) is 0.856. The zero-order chi connectivity index (χ0) is 10.8. The summed E-state index contributed by atoms with van der Waals surface area (Å²) in [7, 11) is 1.57. The molecule has 15 heavy (non-hydrogen) atoms. The zero-order valence-corrected chi connectivity index (χ0v) is 8.36. The van der Waals surface area contributed by atoms with Gasteiger partial charge in [0.2, 0.25) is 0 Å². The van der Waals surface area contributed by atoms with E-state index in [9.17, 15) is 9.90 Å². The summed E-state index contributed by atoms with van der Waals surface area (Å²) in [6, 6.07) is 5.38. The number of ether oxygens (including phenoxy) is 2. The molecule has 0 amide bonds. The largest absolute Gasteiger partial charge is 0.550 e. The minimum Gasteiger partial charge on any atom is -0.550 e. The van der Waals surface area contributed by atoms with Crippen LogP contribution in [0.3, 0.4) is 0 Å². The first-order valence-corrected chi connectivity index (χ1v) is 4.71. The van der Waals surface area contributed by atoms with Gasteiger partial charge in [-0.05, 0) is 30.2 Å². The Morgan fingerprint density at radius 1 is 1.60 bits per heavy atom. The molecule has 2 rings (SSSR count). The fourth-order valence-electron chi connectivity index (χ4n) is 1.65. The molecular formula is C11H11O4-. The van der Waals surface area contributed by atoms with Crippen LogP contribution in [0.1, 0.15) is 5.56 Å². The van der Waals surface area contributed by atoms with Crippen LogP contribution in [-0.2, 0) is 11.2 Å². The average molecular weight is 207 g/mol. The Morgan fingerprint density at radius 3 is 3.07 bits per heavy atom. The van der Waals surface area contributed by atoms with E-state index in [1.165, 1.54) is 0 Å². The van der Waals surface area contributed by atoms with Crippen molar-refractivity contribution >= 4 is 5.97 Å². The van der Waals surface area contributed by atoms with Crippen LogP contribution in [0.25, 0.3) is 0 Å². The van der Waals surface area contributed by atoms with E-state index < -0.39 is 11.9 Å². The number of aliphatic carboxylic acids is 1. The predicted octanol–water partition coefficient (Wildman–Crippen LogP) is -0.00380. The minimum absolute atomic E-state index is 0.182. The van der Waals surface area contributed by atoms with Gasteiger partial charge in [-0.1, -0.05) is 0 Å². The summed E-state index contributed by atoms with van der Waals surface area (Å²) in [5, 5.41) is 10.7. The van der Waals surface area contributed by atoms with Crippen LogP contribution in [0.15, 0.2) is 18.2 Å². The van der Waals surface area contributed by atoms with E-state index in [0.717, 1.165) is 11.3 Å². The van der Waals surface area contributed by atoms with Gasteiger partial charge in [0, 0.05) is 11.9 Å². The number of fused-ring (bicyclic) bond motifs is 1. The lowest BCUT2D eigenvalue weighted by Gasteiger charge is -2.26. The summed E-state index contributed by atoms with van der Waals surface area (Å²) < 4.78 is 10.4. The highest BCUT2D eigenvalue weighted by Crippen LogP contribution is 2.30. The summed E-state index contributed by atoms with van der Waals surface area (Å²) in [6.45, 7) is 0.182. The number of methoxy groups -OCH3 is 1. The Balaban J connectivity index is 2.27. The van der Waals surface area contributed by atoms with Gasteiger partial charge < -0.3 is 19.4 Å². The topological polar surface area (TPSA) is 58.6 Å². The molecule has 0 spiro atoms. The lowest BCUT2D eigenvalue weighted by Crippen LogP contribution is -2.38. The van der Waals surface area contributed by atoms with E-state index in [4.69, 9.17) is 9.47 Å². The summed E-state index contributed by atoms with van der Waals surface area (Å²) >= 11 is 0. The van der Waals surface area contributed by atoms with Crippen LogP contribution in [-0.4, -0.2) is 19.7 Å². The molecule has 0 fully saturated rings. The maximum atomic E-state index is 10.7. The number of carbonyl (C=O) groups excluding carboxylic acids is 1. The Labute approximate surface area is 87.4 Å². The van der Waals surface area contributed by atoms with Gasteiger partial charge in [-0.25, -0.2) is 0 Å². The van der Waals surface area contributed by atoms with Crippen LogP contribution >= 0.6 is 0 Å². The first-order valence-electron chi connectivity index (χ1n) is 4.71. The van der Waals surface area contributed by atoms with Crippen molar-refractivity contribution in [2.75, 3.05) is 13.7 Å². The first kappa shape index (κ1) is 9.83. The van der Waals surface area contributed by atoms with Gasteiger partial charge in [-0.3, -0.25) is 0 Å². The lowest BCUT2D eigenvalue weighted by molar-refractivity contribution is -0.312. The molecule has 1 aromatic carbocycles. The number of carbonyl (C=O) groups is 1. The van der Waals surface area contributed by atoms with Gasteiger partial charge in [-0.2, -0.15) is 0 Å². The van der Waals surface area contributed by atoms with Gasteiger partial charge in [0.05, 0.1) is 13.7 Å². The molecule has 4 heteroatoms. The average Bonchev–Trinajstić information content (AvgIpc) is 2.27. The maximum Gasteiger partial charge on any atom is 0.122 e. The van der Waals surface area contributed by atoms with Gasteiger partial charge in [0.1, 0.15) is 11.5 Å². The van der Waals surface area contributed by atoms with Crippen molar-refractivity contribution in [2.45, 2.75) is 6.42 Å². The molecule has 4 nitrogen and oxygen atoms in total. The summed E-state index contributed by atoms with van der Waals surface area (Å²) in [6.07, 6.45) is 0.439. The van der Waals surface area contributed by atoms with Gasteiger partial charge in [0.15, 0.2) is 0 Å². The number of hydrogen-bond acceptors (Lipinski definition) is 4. The third kappa shape index (κ3) is 1.88. The van der Waals surface area contributed by atoms with Crippen molar-refractivity contribution in [3.63, 3.8) is 0 Å². The molecule has 0 N–H and O–H groups in total. The highest BCUT2D eigenvalue weighted by Gasteiger charge is 2.20. The van der Waals surface area contributed by atoms with Crippen molar-refractivity contribution < 1.29 is 19.4 Å². The lowest BCUT2D eigenvalue weighted by atomic mass is 9.97. The Morgan fingerprint density at radius 2 is 2.40 bits per heavy atom. The smallest absolute Gasteiger partial charge is 0.122 e. The van der Waals surface area contributed by atoms with E-state index >= 15 is 0 Å². The van der Waals surface area contributed by atoms with Crippen molar-refractivity contribution in [2.24, 2.45) is 5.92 Å². The quantitative estimate of drug-likeness (QED) is 0.684. The van der Waals surface area contributed by atoms with Crippen LogP contribution in [0.4, 0.5) is 0 Å². The van der Waals surface area contributed by atoms with Crippen molar-refractivity contribution in [1.29, 1.82) is 0 Å². The zero-order valence-electron chi connectivity index (χ0n) is 8.36. The monoisotopic (exact) mass is 207 g/mol. The second-order valence-corrected chi connectivity index (χ2v) is 3.50. The highest BCUT2D eigenvalue weighted by molar-refractivity contribution is 5.69. The standard InChI is InChI=1S/C11H12O4/c1-14-9-2-3-10-7(5-9)4-8(6-15-10)11(12)13/h2-3,5,8H,4,6H2,1H3,(H,12,13)/p-1/t8-/m0/s1. The van der Waals surface area contributed by atoms with Crippen LogP contribution < -0.4 is 14.6 Å². The van der Waals surface area contributed by atoms with Gasteiger partial charge >= 0.3 is 0 Å². The molecule has 1 heterocycles. The summed E-state index contributed by atoms with van der Waals surface area (Å²) in [4.78, 5) is 10.7. The Bertz CT molecular complexity index is 386. The SMILES string of the molecule is COc1ccc2c(c1)C[C@H](C(=O)[O-])CO2. The fraction of sp³-hybridized carbons (Fsp3) is 0.364. The molecule has 1 aliphatic rings. The molecule has 0 saturated carbocycles. The number of carboxylic acid groups (broad SMARTS) is 1. The molecule has 0 bridgehead atoms. The normalized spacial score (nSPS) is 18.9. The molecule has 1 aromatic rings. The molecular weight excluding hydrogens is 196 g/mol. The van der Waals surface area contributed by atoms with E-state index in [2.05, 4.69) is 0 Å². The van der Waals surface area contributed by atoms with Crippen LogP contribution in [0, 0.1) is 5.92 Å². The third-order valence-corrected chi connectivity index (χ3v) is 2.51. The molecule has 80 valence electrons. The molecule has 0 unspecified atom stereocenters. The van der Waals surface area contributed by atoms with Crippen molar-refractivity contribution in [3.05, 3.63) is 23.8 Å². The maximum absolute atomic E-state index is 10.7. The first-order chi connectivity index (χ1) is 7.20. The molecule has 1 atom stereocenters. The van der Waals surface area contributed by atoms with E-state index in [1.54, 1.807) is 25.3 Å². The van der Waals surface area contributed by atoms with Crippen LogP contribution in [0.5, 0.6) is 11.5 Å². The minimum atomic E-state index is -1.07. The van der Waals surface area contributed by atoms with Gasteiger partial charge in [0.25, 0.3) is 0 Å². The predicted molar refractivity (Wildman–Crippen MR) is 50.7 cm³/mol. The second-order valence-electron chi connectivity index (χ2n) is 3.50. The van der Waals surface area contributed by atoms with E-state index in [-0.39, 0.29) is 6.61 Å². The Kier molecular flexibility index (Phi) is 2.49. The number of rotatable bonds is 2. The highest BCUT2D eigenvalue weighted by atomic mass is 16.5. The van der Waals surface area contributed by atoms with Gasteiger partial charge in [-0.15, -0.1) is 0 Å². The number of carboxylic acids is 1. The molecule has 0 aromatic heterocycles. The molecule has 0 radical (unpaired) electrons. The Hall–Kier alpha value is -1.71. The second kappa shape index (κ2) is 3.81. The van der Waals surface area contributed by atoms with Crippen molar-refractivity contribution in [3.8, 4) is 11.5 Å². The van der Waals surface area contributed by atoms with E-state index in [0.29, 0.717) is 12.2 Å². The molecule has 0 saturated heterocycles. The summed E-state index contributed by atoms with van der Waals surface area (Å²) in [5.74, 6) is -0.197.